The van der Waals surface area contributed by atoms with E-state index < -0.39 is 0 Å². The first-order valence-electron chi connectivity index (χ1n) is 9.28. The molecule has 0 aliphatic heterocycles. The number of aliphatic hydroxyl groups excluding tert-OH is 1. The fraction of sp³-hybridized carbons (Fsp3) is 0.381. The summed E-state index contributed by atoms with van der Waals surface area (Å²) in [6, 6.07) is 14.1. The van der Waals surface area contributed by atoms with E-state index >= 15 is 0 Å². The maximum atomic E-state index is 13.8. The van der Waals surface area contributed by atoms with E-state index in [1.165, 1.54) is 6.07 Å². The number of nitrogens with one attached hydrogen (secondary N) is 2. The van der Waals surface area contributed by atoms with Crippen LogP contribution in [0.2, 0.25) is 0 Å². The molecule has 6 heteroatoms. The van der Waals surface area contributed by atoms with Crippen LogP contribution in [0.5, 0.6) is 5.75 Å². The predicted octanol–water partition coefficient (Wildman–Crippen LogP) is 3.23. The monoisotopic (exact) mass is 373 g/mol. The molecule has 0 bridgehead atoms. The number of rotatable bonds is 9. The van der Waals surface area contributed by atoms with Crippen molar-refractivity contribution in [1.82, 2.24) is 10.6 Å². The van der Waals surface area contributed by atoms with Gasteiger partial charge in [0.1, 0.15) is 6.10 Å². The quantitative estimate of drug-likeness (QED) is 0.466. The molecule has 27 heavy (non-hydrogen) atoms. The van der Waals surface area contributed by atoms with E-state index in [1.54, 1.807) is 18.2 Å². The fourth-order valence-electron chi connectivity index (χ4n) is 2.57. The number of halogens is 1. The highest BCUT2D eigenvalue weighted by Crippen LogP contribution is 2.17. The first kappa shape index (κ1) is 20.7. The number of benzene rings is 2. The van der Waals surface area contributed by atoms with Gasteiger partial charge in [-0.3, -0.25) is 0 Å². The van der Waals surface area contributed by atoms with Crippen molar-refractivity contribution in [1.29, 1.82) is 0 Å². The van der Waals surface area contributed by atoms with Gasteiger partial charge in [0.05, 0.1) is 19.7 Å². The van der Waals surface area contributed by atoms with Crippen LogP contribution in [0.25, 0.3) is 0 Å². The van der Waals surface area contributed by atoms with Crippen LogP contribution < -0.4 is 15.4 Å². The number of hydrogen-bond acceptors (Lipinski definition) is 3. The second-order valence-electron chi connectivity index (χ2n) is 6.08. The smallest absolute Gasteiger partial charge is 0.191 e. The van der Waals surface area contributed by atoms with Gasteiger partial charge in [-0.2, -0.15) is 0 Å². The van der Waals surface area contributed by atoms with Crippen molar-refractivity contribution < 1.29 is 14.2 Å². The lowest BCUT2D eigenvalue weighted by Gasteiger charge is -2.20. The van der Waals surface area contributed by atoms with E-state index in [1.807, 2.05) is 38.1 Å². The molecule has 0 radical (unpaired) electrons. The van der Waals surface area contributed by atoms with E-state index in [0.717, 1.165) is 24.1 Å². The number of aliphatic imine (C=N–C) groups is 1. The van der Waals surface area contributed by atoms with Crippen LogP contribution in [0.4, 0.5) is 4.39 Å². The highest BCUT2D eigenvalue weighted by molar-refractivity contribution is 5.79. The van der Waals surface area contributed by atoms with Crippen molar-refractivity contribution >= 4 is 5.96 Å². The summed E-state index contributed by atoms with van der Waals surface area (Å²) in [4.78, 5) is 4.58. The summed E-state index contributed by atoms with van der Waals surface area (Å²) in [5.74, 6) is 0.544. The summed E-state index contributed by atoms with van der Waals surface area (Å²) < 4.78 is 19.6. The predicted molar refractivity (Wildman–Crippen MR) is 106 cm³/mol. The maximum absolute atomic E-state index is 13.8. The first-order chi connectivity index (χ1) is 13.2. The summed E-state index contributed by atoms with van der Waals surface area (Å²) >= 11 is 0. The van der Waals surface area contributed by atoms with Crippen LogP contribution in [0.15, 0.2) is 53.5 Å². The average molecular weight is 373 g/mol. The lowest BCUT2D eigenvalue weighted by molar-refractivity contribution is 0.191. The van der Waals surface area contributed by atoms with Gasteiger partial charge in [-0.15, -0.1) is 0 Å². The summed E-state index contributed by atoms with van der Waals surface area (Å²) in [6.45, 7) is 5.65. The van der Waals surface area contributed by atoms with Crippen LogP contribution in [-0.2, 0) is 13.2 Å². The van der Waals surface area contributed by atoms with Crippen LogP contribution in [0.1, 0.15) is 31.4 Å². The van der Waals surface area contributed by atoms with Crippen LogP contribution in [0.3, 0.4) is 0 Å². The lowest BCUT2D eigenvalue weighted by atomic mass is 10.1. The molecule has 0 aliphatic carbocycles. The Morgan fingerprint density at radius 2 is 1.78 bits per heavy atom. The summed E-state index contributed by atoms with van der Waals surface area (Å²) in [7, 11) is 0. The molecule has 1 unspecified atom stereocenters. The molecule has 0 saturated carbocycles. The summed E-state index contributed by atoms with van der Waals surface area (Å²) in [5.41, 5.74) is 1.85. The van der Waals surface area contributed by atoms with Gasteiger partial charge in [-0.25, -0.2) is 9.38 Å². The minimum atomic E-state index is -0.364. The standard InChI is InChI=1S/C21H28FN3O2/c1-3-18(27-20-12-8-7-11-19(20)22)14-25-21(23-4-2)24-13-16-9-5-6-10-17(16)15-26/h5-12,18,26H,3-4,13-15H2,1-2H3,(H2,23,24,25). The molecule has 2 aromatic carbocycles. The number of para-hydroxylation sites is 1. The number of ether oxygens (including phenoxy) is 1. The summed E-state index contributed by atoms with van der Waals surface area (Å²) in [6.07, 6.45) is 0.546. The molecule has 2 rings (SSSR count). The average Bonchev–Trinajstić information content (AvgIpc) is 2.70. The van der Waals surface area contributed by atoms with Gasteiger partial charge in [0, 0.05) is 6.54 Å². The fourth-order valence-corrected chi connectivity index (χ4v) is 2.57. The molecular formula is C21H28FN3O2. The zero-order valence-electron chi connectivity index (χ0n) is 15.9. The molecule has 1 atom stereocenters. The second kappa shape index (κ2) is 11.2. The summed E-state index contributed by atoms with van der Waals surface area (Å²) in [5, 5.41) is 15.9. The molecule has 0 heterocycles. The molecule has 3 N–H and O–H groups in total. The molecular weight excluding hydrogens is 345 g/mol. The Hall–Kier alpha value is -2.60. The highest BCUT2D eigenvalue weighted by atomic mass is 19.1. The normalized spacial score (nSPS) is 12.5. The van der Waals surface area contributed by atoms with Gasteiger partial charge in [0.2, 0.25) is 0 Å². The molecule has 5 nitrogen and oxygen atoms in total. The third-order valence-corrected chi connectivity index (χ3v) is 4.12. The minimum Gasteiger partial charge on any atom is -0.486 e. The second-order valence-corrected chi connectivity index (χ2v) is 6.08. The van der Waals surface area contributed by atoms with Gasteiger partial charge in [0.25, 0.3) is 0 Å². The molecule has 2 aromatic rings. The van der Waals surface area contributed by atoms with Gasteiger partial charge in [-0.05, 0) is 36.6 Å². The minimum absolute atomic E-state index is 0.00987. The molecule has 0 amide bonds. The van der Waals surface area contributed by atoms with Gasteiger partial charge in [0.15, 0.2) is 17.5 Å². The van der Waals surface area contributed by atoms with Crippen molar-refractivity contribution in [3.63, 3.8) is 0 Å². The van der Waals surface area contributed by atoms with Crippen molar-refractivity contribution in [2.45, 2.75) is 39.5 Å². The van der Waals surface area contributed by atoms with Crippen molar-refractivity contribution in [3.05, 3.63) is 65.5 Å². The zero-order valence-corrected chi connectivity index (χ0v) is 15.9. The molecule has 0 fully saturated rings. The SMILES string of the molecule is CCNC(=NCc1ccccc1CO)NCC(CC)Oc1ccccc1F. The molecule has 0 aliphatic rings. The maximum Gasteiger partial charge on any atom is 0.191 e. The van der Waals surface area contributed by atoms with E-state index in [0.29, 0.717) is 19.0 Å². The van der Waals surface area contributed by atoms with Crippen molar-refractivity contribution in [2.24, 2.45) is 4.99 Å². The molecule has 146 valence electrons. The topological polar surface area (TPSA) is 65.9 Å². The van der Waals surface area contributed by atoms with E-state index in [-0.39, 0.29) is 24.3 Å². The van der Waals surface area contributed by atoms with E-state index in [9.17, 15) is 9.50 Å². The Labute approximate surface area is 160 Å². The third kappa shape index (κ3) is 6.57. The highest BCUT2D eigenvalue weighted by Gasteiger charge is 2.12. The van der Waals surface area contributed by atoms with Crippen LogP contribution in [-0.4, -0.2) is 30.3 Å². The molecule has 0 aromatic heterocycles. The van der Waals surface area contributed by atoms with Crippen molar-refractivity contribution in [3.8, 4) is 5.75 Å². The first-order valence-corrected chi connectivity index (χ1v) is 9.28. The Morgan fingerprint density at radius 1 is 1.07 bits per heavy atom. The van der Waals surface area contributed by atoms with E-state index in [2.05, 4.69) is 15.6 Å². The molecule has 0 saturated heterocycles. The number of nitrogens with zero attached hydrogens (tertiary/aromatic N) is 1. The lowest BCUT2D eigenvalue weighted by Crippen LogP contribution is -2.42. The Morgan fingerprint density at radius 3 is 2.44 bits per heavy atom. The number of guanidine groups is 1. The Balaban J connectivity index is 1.98. The van der Waals surface area contributed by atoms with Crippen LogP contribution >= 0.6 is 0 Å². The Kier molecular flexibility index (Phi) is 8.58. The van der Waals surface area contributed by atoms with Gasteiger partial charge in [-0.1, -0.05) is 43.3 Å². The third-order valence-electron chi connectivity index (χ3n) is 4.12. The number of aliphatic hydroxyl groups is 1. The largest absolute Gasteiger partial charge is 0.486 e. The van der Waals surface area contributed by atoms with Crippen LogP contribution in [0, 0.1) is 5.82 Å². The Bertz CT molecular complexity index is 737. The van der Waals surface area contributed by atoms with E-state index in [4.69, 9.17) is 4.74 Å². The van der Waals surface area contributed by atoms with Gasteiger partial charge < -0.3 is 20.5 Å². The molecule has 0 spiro atoms. The van der Waals surface area contributed by atoms with Crippen molar-refractivity contribution in [2.75, 3.05) is 13.1 Å². The number of hydrogen-bond donors (Lipinski definition) is 3. The zero-order chi connectivity index (χ0) is 19.5. The van der Waals surface area contributed by atoms with Gasteiger partial charge >= 0.3 is 0 Å².